The molecule has 0 bridgehead atoms. The van der Waals surface area contributed by atoms with Crippen molar-refractivity contribution in [2.45, 2.75) is 25.3 Å². The molecule has 0 spiro atoms. The second-order valence-electron chi connectivity index (χ2n) is 6.69. The van der Waals surface area contributed by atoms with Gasteiger partial charge in [-0.25, -0.2) is 9.59 Å². The average molecular weight is 436 g/mol. The van der Waals surface area contributed by atoms with Crippen LogP contribution in [0.3, 0.4) is 0 Å². The molecule has 0 saturated heterocycles. The SMILES string of the molecule is CCN(C)[C@H]1C[C@@H](c2ccc(Cl)c(Cl)c2)c2ccccc21.O=C(O)/C=C\C(=O)O. The summed E-state index contributed by atoms with van der Waals surface area (Å²) in [4.78, 5) is 21.5. The molecule has 0 radical (unpaired) electrons. The molecule has 2 aromatic carbocycles. The van der Waals surface area contributed by atoms with Gasteiger partial charge in [0.25, 0.3) is 0 Å². The number of halogens is 2. The zero-order valence-corrected chi connectivity index (χ0v) is 17.7. The van der Waals surface area contributed by atoms with Crippen LogP contribution < -0.4 is 0 Å². The first-order valence-corrected chi connectivity index (χ1v) is 9.88. The van der Waals surface area contributed by atoms with Crippen molar-refractivity contribution in [3.63, 3.8) is 0 Å². The maximum Gasteiger partial charge on any atom is 0.328 e. The maximum absolute atomic E-state index is 9.55. The summed E-state index contributed by atoms with van der Waals surface area (Å²) < 4.78 is 0. The van der Waals surface area contributed by atoms with Crippen LogP contribution in [0.1, 0.15) is 42.0 Å². The van der Waals surface area contributed by atoms with Gasteiger partial charge in [-0.05, 0) is 48.8 Å². The summed E-state index contributed by atoms with van der Waals surface area (Å²) in [6, 6.07) is 15.2. The molecule has 3 rings (SSSR count). The molecule has 0 saturated carbocycles. The van der Waals surface area contributed by atoms with Gasteiger partial charge < -0.3 is 10.2 Å². The van der Waals surface area contributed by atoms with E-state index in [-0.39, 0.29) is 0 Å². The molecule has 0 amide bonds. The van der Waals surface area contributed by atoms with Gasteiger partial charge in [-0.15, -0.1) is 0 Å². The quantitative estimate of drug-likeness (QED) is 0.628. The smallest absolute Gasteiger partial charge is 0.328 e. The number of hydrogen-bond acceptors (Lipinski definition) is 3. The van der Waals surface area contributed by atoms with Crippen LogP contribution in [0.4, 0.5) is 0 Å². The van der Waals surface area contributed by atoms with E-state index in [1.807, 2.05) is 12.1 Å². The Bertz CT molecular complexity index is 897. The zero-order valence-electron chi connectivity index (χ0n) is 16.2. The van der Waals surface area contributed by atoms with Crippen LogP contribution in [0.25, 0.3) is 0 Å². The van der Waals surface area contributed by atoms with E-state index in [2.05, 4.69) is 49.2 Å². The van der Waals surface area contributed by atoms with Gasteiger partial charge >= 0.3 is 11.9 Å². The molecule has 2 aromatic rings. The Hall–Kier alpha value is -2.34. The number of benzene rings is 2. The van der Waals surface area contributed by atoms with E-state index in [1.165, 1.54) is 16.7 Å². The second kappa shape index (κ2) is 10.4. The summed E-state index contributed by atoms with van der Waals surface area (Å²) in [5.74, 6) is -2.12. The highest BCUT2D eigenvalue weighted by atomic mass is 35.5. The first-order valence-electron chi connectivity index (χ1n) is 9.12. The van der Waals surface area contributed by atoms with E-state index in [1.54, 1.807) is 0 Å². The van der Waals surface area contributed by atoms with Gasteiger partial charge in [0.05, 0.1) is 10.0 Å². The topological polar surface area (TPSA) is 77.8 Å². The fourth-order valence-electron chi connectivity index (χ4n) is 3.43. The van der Waals surface area contributed by atoms with Gasteiger partial charge in [0.2, 0.25) is 0 Å². The Morgan fingerprint density at radius 3 is 2.14 bits per heavy atom. The minimum absolute atomic E-state index is 0.398. The average Bonchev–Trinajstić information content (AvgIpc) is 3.08. The molecular weight excluding hydrogens is 413 g/mol. The van der Waals surface area contributed by atoms with Gasteiger partial charge in [-0.2, -0.15) is 0 Å². The molecule has 1 aliphatic carbocycles. The minimum atomic E-state index is -1.26. The minimum Gasteiger partial charge on any atom is -0.478 e. The van der Waals surface area contributed by atoms with Crippen LogP contribution in [0, 0.1) is 0 Å². The molecule has 2 atom stereocenters. The van der Waals surface area contributed by atoms with Crippen molar-refractivity contribution in [1.29, 1.82) is 0 Å². The Kier molecular flexibility index (Phi) is 8.26. The molecule has 0 unspecified atom stereocenters. The van der Waals surface area contributed by atoms with Crippen LogP contribution in [-0.4, -0.2) is 40.6 Å². The number of fused-ring (bicyclic) bond motifs is 1. The third-order valence-electron chi connectivity index (χ3n) is 4.93. The third-order valence-corrected chi connectivity index (χ3v) is 5.67. The molecule has 1 aliphatic rings. The van der Waals surface area contributed by atoms with Gasteiger partial charge in [0.15, 0.2) is 0 Å². The lowest BCUT2D eigenvalue weighted by atomic mass is 9.93. The maximum atomic E-state index is 9.55. The van der Waals surface area contributed by atoms with Crippen LogP contribution in [0.5, 0.6) is 0 Å². The van der Waals surface area contributed by atoms with Crippen molar-refractivity contribution >= 4 is 35.1 Å². The fraction of sp³-hybridized carbons (Fsp3) is 0.273. The summed E-state index contributed by atoms with van der Waals surface area (Å²) >= 11 is 12.3. The van der Waals surface area contributed by atoms with Crippen molar-refractivity contribution in [2.75, 3.05) is 13.6 Å². The molecular formula is C22H23Cl2NO4. The van der Waals surface area contributed by atoms with Crippen molar-refractivity contribution < 1.29 is 19.8 Å². The molecule has 0 aliphatic heterocycles. The normalized spacial score (nSPS) is 17.7. The van der Waals surface area contributed by atoms with Gasteiger partial charge in [0, 0.05) is 24.1 Å². The Morgan fingerprint density at radius 2 is 1.62 bits per heavy atom. The summed E-state index contributed by atoms with van der Waals surface area (Å²) in [6.45, 7) is 3.25. The fourth-order valence-corrected chi connectivity index (χ4v) is 3.74. The highest BCUT2D eigenvalue weighted by Gasteiger charge is 2.33. The van der Waals surface area contributed by atoms with Crippen molar-refractivity contribution in [2.24, 2.45) is 0 Å². The standard InChI is InChI=1S/C18H19Cl2N.C4H4O4/c1-3-21(2)18-11-15(13-6-4-5-7-14(13)18)12-8-9-16(19)17(20)10-12;5-3(6)1-2-4(7)8/h4-10,15,18H,3,11H2,1-2H3;1-2H,(H,5,6)(H,7,8)/b;2-1-/t15-,18-;/m0./s1. The monoisotopic (exact) mass is 435 g/mol. The Balaban J connectivity index is 0.000000321. The molecule has 29 heavy (non-hydrogen) atoms. The molecule has 154 valence electrons. The van der Waals surface area contributed by atoms with E-state index in [4.69, 9.17) is 33.4 Å². The highest BCUT2D eigenvalue weighted by molar-refractivity contribution is 6.42. The molecule has 0 heterocycles. The van der Waals surface area contributed by atoms with E-state index in [9.17, 15) is 9.59 Å². The van der Waals surface area contributed by atoms with Gasteiger partial charge in [-0.1, -0.05) is 60.5 Å². The lowest BCUT2D eigenvalue weighted by Crippen LogP contribution is -2.22. The van der Waals surface area contributed by atoms with E-state index in [0.29, 0.717) is 34.2 Å². The van der Waals surface area contributed by atoms with Crippen LogP contribution >= 0.6 is 23.2 Å². The van der Waals surface area contributed by atoms with Gasteiger partial charge in [-0.3, -0.25) is 4.90 Å². The lowest BCUT2D eigenvalue weighted by Gasteiger charge is -2.23. The first kappa shape index (κ1) is 22.9. The van der Waals surface area contributed by atoms with Crippen LogP contribution in [-0.2, 0) is 9.59 Å². The Morgan fingerprint density at radius 1 is 1.03 bits per heavy atom. The van der Waals surface area contributed by atoms with Gasteiger partial charge in [0.1, 0.15) is 0 Å². The molecule has 2 N–H and O–H groups in total. The number of nitrogens with zero attached hydrogens (tertiary/aromatic N) is 1. The summed E-state index contributed by atoms with van der Waals surface area (Å²) in [5, 5.41) is 16.9. The molecule has 0 fully saturated rings. The number of carbonyl (C=O) groups is 2. The molecule has 5 nitrogen and oxygen atoms in total. The van der Waals surface area contributed by atoms with E-state index in [0.717, 1.165) is 13.0 Å². The molecule has 7 heteroatoms. The summed E-state index contributed by atoms with van der Waals surface area (Å²) in [5.41, 5.74) is 4.11. The predicted molar refractivity (Wildman–Crippen MR) is 115 cm³/mol. The Labute approximate surface area is 180 Å². The van der Waals surface area contributed by atoms with Crippen molar-refractivity contribution in [3.05, 3.63) is 81.4 Å². The van der Waals surface area contributed by atoms with Crippen LogP contribution in [0.15, 0.2) is 54.6 Å². The van der Waals surface area contributed by atoms with E-state index < -0.39 is 11.9 Å². The summed E-state index contributed by atoms with van der Waals surface area (Å²) in [6.07, 6.45) is 2.21. The number of carboxylic acids is 2. The third kappa shape index (κ3) is 6.07. The largest absolute Gasteiger partial charge is 0.478 e. The van der Waals surface area contributed by atoms with Crippen LogP contribution in [0.2, 0.25) is 10.0 Å². The zero-order chi connectivity index (χ0) is 21.6. The van der Waals surface area contributed by atoms with Crippen molar-refractivity contribution in [3.8, 4) is 0 Å². The van der Waals surface area contributed by atoms with Crippen molar-refractivity contribution in [1.82, 2.24) is 4.90 Å². The van der Waals surface area contributed by atoms with E-state index >= 15 is 0 Å². The second-order valence-corrected chi connectivity index (χ2v) is 7.50. The lowest BCUT2D eigenvalue weighted by molar-refractivity contribution is -0.134. The number of aliphatic carboxylic acids is 2. The predicted octanol–water partition coefficient (Wildman–Crippen LogP) is 5.23. The first-order chi connectivity index (χ1) is 13.7. The molecule has 0 aromatic heterocycles. The summed E-state index contributed by atoms with van der Waals surface area (Å²) in [7, 11) is 2.19. The highest BCUT2D eigenvalue weighted by Crippen LogP contribution is 2.46. The number of rotatable bonds is 5. The number of carboxylic acid groups (broad SMARTS) is 2. The number of hydrogen-bond donors (Lipinski definition) is 2.